The Balaban J connectivity index is 2.32. The summed E-state index contributed by atoms with van der Waals surface area (Å²) in [6.07, 6.45) is 1.20. The van der Waals surface area contributed by atoms with Crippen LogP contribution in [-0.2, 0) is 6.54 Å². The fraction of sp³-hybridized carbons (Fsp3) is 0.769. The van der Waals surface area contributed by atoms with Crippen LogP contribution >= 0.6 is 11.3 Å². The van der Waals surface area contributed by atoms with Gasteiger partial charge in [-0.1, -0.05) is 13.8 Å². The zero-order valence-corrected chi connectivity index (χ0v) is 12.3. The highest BCUT2D eigenvalue weighted by molar-refractivity contribution is 7.07. The van der Waals surface area contributed by atoms with Gasteiger partial charge in [-0.2, -0.15) is 0 Å². The van der Waals surface area contributed by atoms with Crippen LogP contribution in [-0.4, -0.2) is 36.1 Å². The second-order valence-electron chi connectivity index (χ2n) is 4.82. The van der Waals surface area contributed by atoms with Crippen LogP contribution in [0.15, 0.2) is 10.9 Å². The monoisotopic (exact) mass is 255 g/mol. The third-order valence-corrected chi connectivity index (χ3v) is 3.94. The van der Waals surface area contributed by atoms with E-state index in [4.69, 9.17) is 0 Å². The fourth-order valence-electron chi connectivity index (χ4n) is 1.83. The van der Waals surface area contributed by atoms with Crippen molar-refractivity contribution in [3.63, 3.8) is 0 Å². The summed E-state index contributed by atoms with van der Waals surface area (Å²) in [5.74, 6) is 0.658. The van der Waals surface area contributed by atoms with E-state index in [1.165, 1.54) is 12.1 Å². The second-order valence-corrected chi connectivity index (χ2v) is 5.54. The van der Waals surface area contributed by atoms with Crippen LogP contribution in [0.5, 0.6) is 0 Å². The molecule has 0 saturated heterocycles. The summed E-state index contributed by atoms with van der Waals surface area (Å²) >= 11 is 1.67. The molecule has 1 N–H and O–H groups in total. The second kappa shape index (κ2) is 7.80. The maximum absolute atomic E-state index is 4.33. The number of hydrogen-bond donors (Lipinski definition) is 1. The van der Waals surface area contributed by atoms with Crippen molar-refractivity contribution < 1.29 is 0 Å². The third-order valence-electron chi connectivity index (χ3n) is 3.31. The van der Waals surface area contributed by atoms with Crippen molar-refractivity contribution in [1.29, 1.82) is 0 Å². The van der Waals surface area contributed by atoms with Gasteiger partial charge in [0.2, 0.25) is 0 Å². The van der Waals surface area contributed by atoms with Crippen LogP contribution in [0, 0.1) is 5.92 Å². The maximum atomic E-state index is 4.33. The quantitative estimate of drug-likeness (QED) is 0.724. The van der Waals surface area contributed by atoms with Crippen molar-refractivity contribution in [3.05, 3.63) is 16.6 Å². The molecule has 0 aliphatic heterocycles. The normalized spacial score (nSPS) is 15.1. The first-order valence-corrected chi connectivity index (χ1v) is 7.37. The molecule has 0 radical (unpaired) electrons. The Morgan fingerprint density at radius 2 is 2.24 bits per heavy atom. The molecule has 2 atom stereocenters. The van der Waals surface area contributed by atoms with Crippen LogP contribution in [0.3, 0.4) is 0 Å². The standard InChI is InChI=1S/C13H25N3S/c1-5-6-14-7-11(2)12(3)16(4)8-13-9-17-10-15-13/h9-12,14H,5-8H2,1-4H3. The van der Waals surface area contributed by atoms with E-state index in [9.17, 15) is 0 Å². The minimum Gasteiger partial charge on any atom is -0.316 e. The molecule has 1 aromatic heterocycles. The lowest BCUT2D eigenvalue weighted by Gasteiger charge is -2.29. The first-order valence-electron chi connectivity index (χ1n) is 6.43. The van der Waals surface area contributed by atoms with Gasteiger partial charge in [0, 0.05) is 18.0 Å². The smallest absolute Gasteiger partial charge is 0.0795 e. The molecule has 0 saturated carbocycles. The predicted molar refractivity (Wildman–Crippen MR) is 75.4 cm³/mol. The minimum absolute atomic E-state index is 0.570. The van der Waals surface area contributed by atoms with Gasteiger partial charge in [0.05, 0.1) is 11.2 Å². The topological polar surface area (TPSA) is 28.2 Å². The van der Waals surface area contributed by atoms with Gasteiger partial charge in [-0.15, -0.1) is 11.3 Å². The molecular formula is C13H25N3S. The SMILES string of the molecule is CCCNCC(C)C(C)N(C)Cc1cscn1. The van der Waals surface area contributed by atoms with E-state index in [0.717, 1.165) is 19.6 Å². The molecule has 1 aromatic rings. The summed E-state index contributed by atoms with van der Waals surface area (Å²) in [4.78, 5) is 6.72. The highest BCUT2D eigenvalue weighted by Crippen LogP contribution is 2.12. The molecular weight excluding hydrogens is 230 g/mol. The number of hydrogen-bond acceptors (Lipinski definition) is 4. The van der Waals surface area contributed by atoms with Gasteiger partial charge >= 0.3 is 0 Å². The molecule has 3 nitrogen and oxygen atoms in total. The van der Waals surface area contributed by atoms with Crippen molar-refractivity contribution in [1.82, 2.24) is 15.2 Å². The number of aromatic nitrogens is 1. The number of thiazole rings is 1. The summed E-state index contributed by atoms with van der Waals surface area (Å²) in [5.41, 5.74) is 3.08. The zero-order valence-electron chi connectivity index (χ0n) is 11.4. The minimum atomic E-state index is 0.570. The zero-order chi connectivity index (χ0) is 12.7. The molecule has 0 fully saturated rings. The Hall–Kier alpha value is -0.450. The first kappa shape index (κ1) is 14.6. The van der Waals surface area contributed by atoms with Gasteiger partial charge in [-0.05, 0) is 39.4 Å². The molecule has 1 rings (SSSR count). The molecule has 2 unspecified atom stereocenters. The third kappa shape index (κ3) is 5.15. The summed E-state index contributed by atoms with van der Waals surface area (Å²) < 4.78 is 0. The van der Waals surface area contributed by atoms with Crippen LogP contribution in [0.4, 0.5) is 0 Å². The van der Waals surface area contributed by atoms with E-state index in [1.54, 1.807) is 11.3 Å². The Morgan fingerprint density at radius 3 is 2.82 bits per heavy atom. The summed E-state index contributed by atoms with van der Waals surface area (Å²) in [6.45, 7) is 9.97. The molecule has 0 aromatic carbocycles. The molecule has 1 heterocycles. The summed E-state index contributed by atoms with van der Waals surface area (Å²) in [6, 6.07) is 0.570. The number of nitrogens with zero attached hydrogens (tertiary/aromatic N) is 2. The van der Waals surface area contributed by atoms with E-state index in [0.29, 0.717) is 12.0 Å². The van der Waals surface area contributed by atoms with Crippen molar-refractivity contribution >= 4 is 11.3 Å². The van der Waals surface area contributed by atoms with Crippen LogP contribution in [0.25, 0.3) is 0 Å². The maximum Gasteiger partial charge on any atom is 0.0795 e. The van der Waals surface area contributed by atoms with Crippen LogP contribution in [0.2, 0.25) is 0 Å². The van der Waals surface area contributed by atoms with Gasteiger partial charge in [-0.25, -0.2) is 4.98 Å². The Labute approximate surface area is 109 Å². The van der Waals surface area contributed by atoms with Gasteiger partial charge in [0.25, 0.3) is 0 Å². The number of rotatable bonds is 8. The summed E-state index contributed by atoms with van der Waals surface area (Å²) in [7, 11) is 2.18. The fourth-order valence-corrected chi connectivity index (χ4v) is 2.38. The molecule has 0 aliphatic carbocycles. The molecule has 4 heteroatoms. The van der Waals surface area contributed by atoms with Gasteiger partial charge in [0.1, 0.15) is 0 Å². The molecule has 0 aliphatic rings. The average molecular weight is 255 g/mol. The highest BCUT2D eigenvalue weighted by atomic mass is 32.1. The Kier molecular flexibility index (Phi) is 6.70. The van der Waals surface area contributed by atoms with Crippen molar-refractivity contribution in [3.8, 4) is 0 Å². The Bertz CT molecular complexity index is 287. The number of nitrogens with one attached hydrogen (secondary N) is 1. The van der Waals surface area contributed by atoms with Gasteiger partial charge in [0.15, 0.2) is 0 Å². The Morgan fingerprint density at radius 1 is 1.47 bits per heavy atom. The molecule has 0 amide bonds. The van der Waals surface area contributed by atoms with E-state index >= 15 is 0 Å². The molecule has 0 bridgehead atoms. The first-order chi connectivity index (χ1) is 8.15. The molecule has 98 valence electrons. The van der Waals surface area contributed by atoms with E-state index < -0.39 is 0 Å². The summed E-state index contributed by atoms with van der Waals surface area (Å²) in [5, 5.41) is 5.62. The van der Waals surface area contributed by atoms with Crippen LogP contribution < -0.4 is 5.32 Å². The van der Waals surface area contributed by atoms with Crippen LogP contribution in [0.1, 0.15) is 32.9 Å². The lowest BCUT2D eigenvalue weighted by molar-refractivity contribution is 0.187. The van der Waals surface area contributed by atoms with Crippen molar-refractivity contribution in [2.24, 2.45) is 5.92 Å². The lowest BCUT2D eigenvalue weighted by atomic mass is 10.0. The van der Waals surface area contributed by atoms with Gasteiger partial charge in [-0.3, -0.25) is 4.90 Å². The average Bonchev–Trinajstić information content (AvgIpc) is 2.81. The predicted octanol–water partition coefficient (Wildman–Crippen LogP) is 2.60. The van der Waals surface area contributed by atoms with Crippen molar-refractivity contribution in [2.45, 2.75) is 39.8 Å². The van der Waals surface area contributed by atoms with E-state index in [2.05, 4.69) is 48.4 Å². The van der Waals surface area contributed by atoms with E-state index in [1.807, 2.05) is 5.51 Å². The molecule has 0 spiro atoms. The lowest BCUT2D eigenvalue weighted by Crippen LogP contribution is -2.38. The van der Waals surface area contributed by atoms with Gasteiger partial charge < -0.3 is 5.32 Å². The largest absolute Gasteiger partial charge is 0.316 e. The molecule has 17 heavy (non-hydrogen) atoms. The highest BCUT2D eigenvalue weighted by Gasteiger charge is 2.17. The van der Waals surface area contributed by atoms with Crippen molar-refractivity contribution in [2.75, 3.05) is 20.1 Å². The van der Waals surface area contributed by atoms with E-state index in [-0.39, 0.29) is 0 Å².